The molecule has 0 bridgehead atoms. The number of aryl methyl sites for hydroxylation is 1. The molecule has 0 unspecified atom stereocenters. The second-order valence-electron chi connectivity index (χ2n) is 6.39. The summed E-state index contributed by atoms with van der Waals surface area (Å²) in [7, 11) is 0. The predicted octanol–water partition coefficient (Wildman–Crippen LogP) is 4.43. The number of aromatic nitrogens is 4. The maximum absolute atomic E-state index is 12.6. The van der Waals surface area contributed by atoms with Crippen LogP contribution in [0, 0.1) is 6.92 Å². The summed E-state index contributed by atoms with van der Waals surface area (Å²) < 4.78 is 3.71. The van der Waals surface area contributed by atoms with Gasteiger partial charge in [-0.25, -0.2) is 4.68 Å². The van der Waals surface area contributed by atoms with Crippen molar-refractivity contribution in [3.63, 3.8) is 0 Å². The van der Waals surface area contributed by atoms with E-state index in [0.717, 1.165) is 21.6 Å². The molecule has 1 N–H and O–H groups in total. The maximum Gasteiger partial charge on any atom is 0.267 e. The summed E-state index contributed by atoms with van der Waals surface area (Å²) in [5.41, 5.74) is 1.89. The second kappa shape index (κ2) is 6.42. The van der Waals surface area contributed by atoms with Crippen LogP contribution >= 0.6 is 11.3 Å². The van der Waals surface area contributed by atoms with Crippen molar-refractivity contribution in [3.05, 3.63) is 59.2 Å². The van der Waals surface area contributed by atoms with Crippen LogP contribution in [0.4, 0.5) is 5.82 Å². The number of carbonyl (C=O) groups excluding carboxylic acids is 1. The fourth-order valence-electron chi connectivity index (χ4n) is 2.77. The monoisotopic (exact) mass is 365 g/mol. The second-order valence-corrected chi connectivity index (χ2v) is 7.42. The van der Waals surface area contributed by atoms with Crippen LogP contribution in [0.1, 0.15) is 35.3 Å². The molecule has 0 atom stereocenters. The van der Waals surface area contributed by atoms with E-state index in [2.05, 4.69) is 15.5 Å². The van der Waals surface area contributed by atoms with Gasteiger partial charge in [-0.15, -0.1) is 11.3 Å². The number of nitrogens with one attached hydrogen (secondary N) is 1. The van der Waals surface area contributed by atoms with E-state index in [1.165, 1.54) is 11.3 Å². The largest absolute Gasteiger partial charge is 0.304 e. The normalized spacial score (nSPS) is 11.4. The summed E-state index contributed by atoms with van der Waals surface area (Å²) in [6.07, 6.45) is 1.86. The number of para-hydroxylation sites is 1. The van der Waals surface area contributed by atoms with Crippen LogP contribution in [0.25, 0.3) is 15.9 Å². The number of carbonyl (C=O) groups is 1. The van der Waals surface area contributed by atoms with E-state index < -0.39 is 0 Å². The van der Waals surface area contributed by atoms with Gasteiger partial charge in [0.1, 0.15) is 4.83 Å². The van der Waals surface area contributed by atoms with E-state index in [0.29, 0.717) is 10.7 Å². The first-order valence-electron chi connectivity index (χ1n) is 8.44. The Morgan fingerprint density at radius 1 is 1.15 bits per heavy atom. The third-order valence-corrected chi connectivity index (χ3v) is 5.26. The summed E-state index contributed by atoms with van der Waals surface area (Å²) in [4.78, 5) is 14.2. The van der Waals surface area contributed by atoms with Gasteiger partial charge in [0, 0.05) is 23.7 Å². The van der Waals surface area contributed by atoms with Gasteiger partial charge in [0.2, 0.25) is 0 Å². The smallest absolute Gasteiger partial charge is 0.267 e. The molecule has 0 fully saturated rings. The molecule has 1 amide bonds. The van der Waals surface area contributed by atoms with Crippen LogP contribution in [-0.2, 0) is 0 Å². The van der Waals surface area contributed by atoms with Crippen LogP contribution in [0.5, 0.6) is 0 Å². The van der Waals surface area contributed by atoms with E-state index in [-0.39, 0.29) is 11.9 Å². The van der Waals surface area contributed by atoms with Gasteiger partial charge in [-0.05, 0) is 39.0 Å². The number of thiophene rings is 1. The molecular formula is C19H19N5OS. The van der Waals surface area contributed by atoms with E-state index in [4.69, 9.17) is 0 Å². The number of fused-ring (bicyclic) bond motifs is 1. The number of rotatable bonds is 4. The number of hydrogen-bond donors (Lipinski definition) is 1. The number of benzene rings is 1. The summed E-state index contributed by atoms with van der Waals surface area (Å²) in [6, 6.07) is 13.9. The highest BCUT2D eigenvalue weighted by Crippen LogP contribution is 2.30. The van der Waals surface area contributed by atoms with Gasteiger partial charge >= 0.3 is 0 Å². The van der Waals surface area contributed by atoms with Crippen LogP contribution in [0.2, 0.25) is 0 Å². The number of anilines is 1. The average Bonchev–Trinajstić information content (AvgIpc) is 3.32. The Kier molecular flexibility index (Phi) is 4.08. The highest BCUT2D eigenvalue weighted by molar-refractivity contribution is 7.20. The molecule has 0 saturated heterocycles. The predicted molar refractivity (Wildman–Crippen MR) is 104 cm³/mol. The summed E-state index contributed by atoms with van der Waals surface area (Å²) in [6.45, 7) is 6.05. The zero-order chi connectivity index (χ0) is 18.3. The molecule has 0 aliphatic heterocycles. The Bertz CT molecular complexity index is 1070. The number of hydrogen-bond acceptors (Lipinski definition) is 4. The molecule has 0 radical (unpaired) electrons. The lowest BCUT2D eigenvalue weighted by Crippen LogP contribution is -2.11. The van der Waals surface area contributed by atoms with E-state index in [9.17, 15) is 4.79 Å². The van der Waals surface area contributed by atoms with Crippen LogP contribution in [-0.4, -0.2) is 25.5 Å². The van der Waals surface area contributed by atoms with Crippen molar-refractivity contribution in [2.75, 3.05) is 5.32 Å². The average molecular weight is 365 g/mol. The first-order valence-corrected chi connectivity index (χ1v) is 9.25. The molecule has 0 spiro atoms. The van der Waals surface area contributed by atoms with E-state index in [1.54, 1.807) is 0 Å². The minimum Gasteiger partial charge on any atom is -0.304 e. The molecule has 6 nitrogen and oxygen atoms in total. The van der Waals surface area contributed by atoms with Crippen molar-refractivity contribution >= 4 is 33.3 Å². The van der Waals surface area contributed by atoms with Crippen molar-refractivity contribution < 1.29 is 4.79 Å². The molecule has 1 aromatic carbocycles. The third kappa shape index (κ3) is 2.90. The zero-order valence-corrected chi connectivity index (χ0v) is 15.6. The standard InChI is InChI=1S/C19H19N5OS/c1-12(2)23-10-9-17(22-23)20-18(25)16-11-15-13(3)21-24(19(15)26-16)14-7-5-4-6-8-14/h4-12H,1-3H3,(H,20,22,25). The van der Waals surface area contributed by atoms with Crippen LogP contribution in [0.15, 0.2) is 48.7 Å². The Balaban J connectivity index is 1.65. The molecule has 26 heavy (non-hydrogen) atoms. The summed E-state index contributed by atoms with van der Waals surface area (Å²) in [5.74, 6) is 0.404. The first kappa shape index (κ1) is 16.5. The fourth-order valence-corrected chi connectivity index (χ4v) is 3.85. The molecule has 3 heterocycles. The van der Waals surface area contributed by atoms with Crippen molar-refractivity contribution in [2.45, 2.75) is 26.8 Å². The Labute approximate surface area is 155 Å². The van der Waals surface area contributed by atoms with Crippen molar-refractivity contribution in [1.82, 2.24) is 19.6 Å². The van der Waals surface area contributed by atoms with Crippen molar-refractivity contribution in [1.29, 1.82) is 0 Å². The van der Waals surface area contributed by atoms with E-state index >= 15 is 0 Å². The highest BCUT2D eigenvalue weighted by Gasteiger charge is 2.18. The van der Waals surface area contributed by atoms with Gasteiger partial charge in [-0.3, -0.25) is 9.48 Å². The van der Waals surface area contributed by atoms with E-state index in [1.807, 2.05) is 78.8 Å². The van der Waals surface area contributed by atoms with Crippen molar-refractivity contribution in [2.24, 2.45) is 0 Å². The maximum atomic E-state index is 12.6. The lowest BCUT2D eigenvalue weighted by atomic mass is 10.3. The first-order chi connectivity index (χ1) is 12.5. The van der Waals surface area contributed by atoms with Gasteiger partial charge in [0.15, 0.2) is 5.82 Å². The Morgan fingerprint density at radius 2 is 1.92 bits per heavy atom. The molecule has 0 saturated carbocycles. The van der Waals surface area contributed by atoms with Gasteiger partial charge in [-0.1, -0.05) is 18.2 Å². The van der Waals surface area contributed by atoms with Gasteiger partial charge in [0.05, 0.1) is 16.3 Å². The quantitative estimate of drug-likeness (QED) is 0.582. The number of amides is 1. The minimum absolute atomic E-state index is 0.154. The molecule has 3 aromatic heterocycles. The molecule has 7 heteroatoms. The molecule has 0 aliphatic rings. The molecule has 4 rings (SSSR count). The Morgan fingerprint density at radius 3 is 2.62 bits per heavy atom. The molecule has 0 aliphatic carbocycles. The zero-order valence-electron chi connectivity index (χ0n) is 14.8. The lowest BCUT2D eigenvalue weighted by molar-refractivity contribution is 0.103. The van der Waals surface area contributed by atoms with Crippen LogP contribution < -0.4 is 5.32 Å². The summed E-state index contributed by atoms with van der Waals surface area (Å²) in [5, 5.41) is 12.8. The lowest BCUT2D eigenvalue weighted by Gasteiger charge is -2.04. The highest BCUT2D eigenvalue weighted by atomic mass is 32.1. The molecule has 4 aromatic rings. The van der Waals surface area contributed by atoms with Gasteiger partial charge < -0.3 is 5.32 Å². The topological polar surface area (TPSA) is 64.7 Å². The van der Waals surface area contributed by atoms with Gasteiger partial charge in [-0.2, -0.15) is 10.2 Å². The van der Waals surface area contributed by atoms with Crippen molar-refractivity contribution in [3.8, 4) is 5.69 Å². The minimum atomic E-state index is -0.154. The SMILES string of the molecule is Cc1nn(-c2ccccc2)c2sc(C(=O)Nc3ccn(C(C)C)n3)cc12. The number of nitrogens with zero attached hydrogens (tertiary/aromatic N) is 4. The van der Waals surface area contributed by atoms with Gasteiger partial charge in [0.25, 0.3) is 5.91 Å². The Hall–Kier alpha value is -2.93. The van der Waals surface area contributed by atoms with Crippen LogP contribution in [0.3, 0.4) is 0 Å². The summed E-state index contributed by atoms with van der Waals surface area (Å²) >= 11 is 1.43. The third-order valence-electron chi connectivity index (χ3n) is 4.15. The fraction of sp³-hybridized carbons (Fsp3) is 0.211. The molecule has 132 valence electrons. The molecular weight excluding hydrogens is 346 g/mol.